The molecule has 110 valence electrons. The first-order chi connectivity index (χ1) is 9.56. The van der Waals surface area contributed by atoms with Gasteiger partial charge in [-0.2, -0.15) is 0 Å². The van der Waals surface area contributed by atoms with Crippen LogP contribution in [0, 0.1) is 17.0 Å². The fourth-order valence-corrected chi connectivity index (χ4v) is 2.28. The van der Waals surface area contributed by atoms with Gasteiger partial charge in [-0.1, -0.05) is 28.8 Å². The average Bonchev–Trinajstić information content (AvgIpc) is 2.41. The summed E-state index contributed by atoms with van der Waals surface area (Å²) in [6, 6.07) is 4.42. The zero-order chi connectivity index (χ0) is 15.0. The smallest absolute Gasteiger partial charge is 0.272 e. The molecule has 0 heterocycles. The molecule has 0 spiro atoms. The van der Waals surface area contributed by atoms with Crippen molar-refractivity contribution in [3.63, 3.8) is 0 Å². The number of hydrogen-bond acceptors (Lipinski definition) is 3. The highest BCUT2D eigenvalue weighted by molar-refractivity contribution is 9.09. The normalized spacial score (nSPS) is 10.3. The Labute approximate surface area is 127 Å². The van der Waals surface area contributed by atoms with Crippen LogP contribution in [0.3, 0.4) is 0 Å². The summed E-state index contributed by atoms with van der Waals surface area (Å²) in [5, 5.41) is 14.5. The number of carbonyl (C=O) groups excluding carboxylic acids is 1. The molecule has 0 unspecified atom stereocenters. The Hall–Kier alpha value is -1.43. The maximum Gasteiger partial charge on any atom is 0.272 e. The first kappa shape index (κ1) is 16.6. The van der Waals surface area contributed by atoms with Crippen molar-refractivity contribution < 1.29 is 9.72 Å². The van der Waals surface area contributed by atoms with E-state index in [1.807, 2.05) is 0 Å². The molecule has 0 aromatic heterocycles. The quantitative estimate of drug-likeness (QED) is 0.339. The van der Waals surface area contributed by atoms with Gasteiger partial charge in [0.05, 0.1) is 4.92 Å². The van der Waals surface area contributed by atoms with Crippen LogP contribution >= 0.6 is 15.9 Å². The van der Waals surface area contributed by atoms with Gasteiger partial charge in [-0.15, -0.1) is 0 Å². The molecule has 0 radical (unpaired) electrons. The molecule has 0 saturated carbocycles. The molecule has 1 aromatic carbocycles. The minimum Gasteiger partial charge on any atom is -0.352 e. The van der Waals surface area contributed by atoms with Gasteiger partial charge < -0.3 is 5.32 Å². The van der Waals surface area contributed by atoms with Crippen molar-refractivity contribution in [2.75, 3.05) is 11.9 Å². The third kappa shape index (κ3) is 5.28. The monoisotopic (exact) mass is 342 g/mol. The summed E-state index contributed by atoms with van der Waals surface area (Å²) >= 11 is 3.38. The summed E-state index contributed by atoms with van der Waals surface area (Å²) in [5.41, 5.74) is 1.00. The molecule has 5 nitrogen and oxygen atoms in total. The number of benzene rings is 1. The van der Waals surface area contributed by atoms with E-state index in [0.717, 1.165) is 31.0 Å². The molecule has 6 heteroatoms. The number of alkyl halides is 1. The van der Waals surface area contributed by atoms with E-state index < -0.39 is 4.92 Å². The first-order valence-electron chi connectivity index (χ1n) is 6.65. The SMILES string of the molecule is Cc1cc(C(=O)NCCCCCCBr)ccc1[N+](=O)[O-]. The minimum atomic E-state index is -0.444. The van der Waals surface area contributed by atoms with Crippen molar-refractivity contribution in [3.8, 4) is 0 Å². The number of amides is 1. The molecule has 0 aliphatic rings. The molecule has 0 atom stereocenters. The molecule has 0 aliphatic heterocycles. The second kappa shape index (κ2) is 8.68. The van der Waals surface area contributed by atoms with Gasteiger partial charge in [-0.05, 0) is 31.9 Å². The maximum absolute atomic E-state index is 11.9. The molecule has 20 heavy (non-hydrogen) atoms. The van der Waals surface area contributed by atoms with Gasteiger partial charge in [0.25, 0.3) is 11.6 Å². The van der Waals surface area contributed by atoms with Crippen LogP contribution in [0.2, 0.25) is 0 Å². The predicted octanol–water partition coefficient (Wildman–Crippen LogP) is 3.59. The van der Waals surface area contributed by atoms with Gasteiger partial charge in [-0.25, -0.2) is 0 Å². The van der Waals surface area contributed by atoms with E-state index in [9.17, 15) is 14.9 Å². The Morgan fingerprint density at radius 3 is 2.60 bits per heavy atom. The van der Waals surface area contributed by atoms with Crippen LogP contribution in [0.4, 0.5) is 5.69 Å². The van der Waals surface area contributed by atoms with Crippen LogP contribution in [-0.2, 0) is 0 Å². The second-order valence-corrected chi connectivity index (χ2v) is 5.41. The van der Waals surface area contributed by atoms with Crippen molar-refractivity contribution in [3.05, 3.63) is 39.4 Å². The highest BCUT2D eigenvalue weighted by Crippen LogP contribution is 2.18. The lowest BCUT2D eigenvalue weighted by atomic mass is 10.1. The fraction of sp³-hybridized carbons (Fsp3) is 0.500. The summed E-state index contributed by atoms with van der Waals surface area (Å²) in [6.45, 7) is 2.27. The highest BCUT2D eigenvalue weighted by Gasteiger charge is 2.13. The number of hydrogen-bond donors (Lipinski definition) is 1. The largest absolute Gasteiger partial charge is 0.352 e. The fourth-order valence-electron chi connectivity index (χ4n) is 1.88. The lowest BCUT2D eigenvalue weighted by molar-refractivity contribution is -0.385. The van der Waals surface area contributed by atoms with Crippen LogP contribution in [0.5, 0.6) is 0 Å². The number of halogens is 1. The van der Waals surface area contributed by atoms with Crippen molar-refractivity contribution >= 4 is 27.5 Å². The Kier molecular flexibility index (Phi) is 7.22. The minimum absolute atomic E-state index is 0.0383. The zero-order valence-electron chi connectivity index (χ0n) is 11.5. The van der Waals surface area contributed by atoms with Crippen molar-refractivity contribution in [2.24, 2.45) is 0 Å². The standard InChI is InChI=1S/C14H19BrN2O3/c1-11-10-12(6-7-13(11)17(19)20)14(18)16-9-5-3-2-4-8-15/h6-7,10H,2-5,8-9H2,1H3,(H,16,18). The van der Waals surface area contributed by atoms with Gasteiger partial charge >= 0.3 is 0 Å². The van der Waals surface area contributed by atoms with Crippen LogP contribution in [0.1, 0.15) is 41.6 Å². The summed E-state index contributed by atoms with van der Waals surface area (Å²) in [7, 11) is 0. The van der Waals surface area contributed by atoms with Gasteiger partial charge in [0.2, 0.25) is 0 Å². The third-order valence-electron chi connectivity index (χ3n) is 3.00. The molecule has 1 N–H and O–H groups in total. The topological polar surface area (TPSA) is 72.2 Å². The van der Waals surface area contributed by atoms with Gasteiger partial charge in [-0.3, -0.25) is 14.9 Å². The van der Waals surface area contributed by atoms with E-state index in [2.05, 4.69) is 21.2 Å². The van der Waals surface area contributed by atoms with Crippen LogP contribution in [0.25, 0.3) is 0 Å². The predicted molar refractivity (Wildman–Crippen MR) is 82.4 cm³/mol. The number of unbranched alkanes of at least 4 members (excludes halogenated alkanes) is 3. The molecule has 0 saturated heterocycles. The molecule has 1 amide bonds. The van der Waals surface area contributed by atoms with E-state index >= 15 is 0 Å². The molecular formula is C14H19BrN2O3. The van der Waals surface area contributed by atoms with Crippen molar-refractivity contribution in [2.45, 2.75) is 32.6 Å². The van der Waals surface area contributed by atoms with E-state index in [1.165, 1.54) is 12.1 Å². The van der Waals surface area contributed by atoms with Gasteiger partial charge in [0.15, 0.2) is 0 Å². The zero-order valence-corrected chi connectivity index (χ0v) is 13.1. The number of nitrogens with zero attached hydrogens (tertiary/aromatic N) is 1. The van der Waals surface area contributed by atoms with Crippen molar-refractivity contribution in [1.82, 2.24) is 5.32 Å². The van der Waals surface area contributed by atoms with Crippen molar-refractivity contribution in [1.29, 1.82) is 0 Å². The Morgan fingerprint density at radius 1 is 1.30 bits per heavy atom. The number of carbonyl (C=O) groups is 1. The molecular weight excluding hydrogens is 324 g/mol. The first-order valence-corrected chi connectivity index (χ1v) is 7.77. The number of rotatable bonds is 8. The summed E-state index contributed by atoms with van der Waals surface area (Å²) in [5.74, 6) is -0.177. The van der Waals surface area contributed by atoms with Gasteiger partial charge in [0, 0.05) is 29.1 Å². The molecule has 0 fully saturated rings. The molecule has 1 rings (SSSR count). The van der Waals surface area contributed by atoms with Crippen LogP contribution < -0.4 is 5.32 Å². The Bertz CT molecular complexity index is 477. The lowest BCUT2D eigenvalue weighted by Gasteiger charge is -2.06. The molecule has 1 aromatic rings. The van der Waals surface area contributed by atoms with E-state index in [0.29, 0.717) is 17.7 Å². The molecule has 0 bridgehead atoms. The van der Waals surface area contributed by atoms with E-state index in [1.54, 1.807) is 13.0 Å². The third-order valence-corrected chi connectivity index (χ3v) is 3.56. The number of nitro benzene ring substituents is 1. The summed E-state index contributed by atoms with van der Waals surface area (Å²) in [6.07, 6.45) is 4.34. The Morgan fingerprint density at radius 2 is 2.00 bits per heavy atom. The average molecular weight is 343 g/mol. The number of aryl methyl sites for hydroxylation is 1. The second-order valence-electron chi connectivity index (χ2n) is 4.62. The number of nitrogens with one attached hydrogen (secondary N) is 1. The summed E-state index contributed by atoms with van der Waals surface area (Å²) < 4.78 is 0. The molecule has 0 aliphatic carbocycles. The van der Waals surface area contributed by atoms with Crippen LogP contribution in [-0.4, -0.2) is 22.7 Å². The highest BCUT2D eigenvalue weighted by atomic mass is 79.9. The van der Waals surface area contributed by atoms with E-state index in [4.69, 9.17) is 0 Å². The lowest BCUT2D eigenvalue weighted by Crippen LogP contribution is -2.24. The van der Waals surface area contributed by atoms with Gasteiger partial charge in [0.1, 0.15) is 0 Å². The number of nitro groups is 1. The van der Waals surface area contributed by atoms with Crippen LogP contribution in [0.15, 0.2) is 18.2 Å². The summed E-state index contributed by atoms with van der Waals surface area (Å²) in [4.78, 5) is 22.1. The Balaban J connectivity index is 2.44. The van der Waals surface area contributed by atoms with E-state index in [-0.39, 0.29) is 11.6 Å². The maximum atomic E-state index is 11.9.